The molecule has 2 rings (SSSR count). The highest BCUT2D eigenvalue weighted by molar-refractivity contribution is 4.85. The first-order chi connectivity index (χ1) is 8.22. The summed E-state index contributed by atoms with van der Waals surface area (Å²) in [4.78, 5) is 0. The van der Waals surface area contributed by atoms with Crippen LogP contribution in [-0.4, -0.2) is 38.0 Å². The van der Waals surface area contributed by atoms with Crippen LogP contribution in [0.5, 0.6) is 0 Å². The lowest BCUT2D eigenvalue weighted by Crippen LogP contribution is -2.45. The first-order valence-corrected chi connectivity index (χ1v) is 7.17. The summed E-state index contributed by atoms with van der Waals surface area (Å²) < 4.78 is 11.5. The van der Waals surface area contributed by atoms with Gasteiger partial charge in [-0.05, 0) is 44.9 Å². The SMILES string of the molecule is CCC1(C)CC(NCCOCC2CC2)CCO1. The van der Waals surface area contributed by atoms with Crippen LogP contribution in [-0.2, 0) is 9.47 Å². The van der Waals surface area contributed by atoms with E-state index < -0.39 is 0 Å². The van der Waals surface area contributed by atoms with Crippen molar-refractivity contribution < 1.29 is 9.47 Å². The van der Waals surface area contributed by atoms with Gasteiger partial charge in [0.15, 0.2) is 0 Å². The zero-order valence-electron chi connectivity index (χ0n) is 11.3. The van der Waals surface area contributed by atoms with E-state index in [1.165, 1.54) is 12.8 Å². The molecular weight excluding hydrogens is 214 g/mol. The normalized spacial score (nSPS) is 33.9. The van der Waals surface area contributed by atoms with Crippen molar-refractivity contribution in [2.75, 3.05) is 26.4 Å². The zero-order valence-corrected chi connectivity index (χ0v) is 11.3. The smallest absolute Gasteiger partial charge is 0.0666 e. The number of hydrogen-bond donors (Lipinski definition) is 1. The van der Waals surface area contributed by atoms with Gasteiger partial charge >= 0.3 is 0 Å². The van der Waals surface area contributed by atoms with Gasteiger partial charge in [0.25, 0.3) is 0 Å². The van der Waals surface area contributed by atoms with E-state index >= 15 is 0 Å². The molecule has 0 aromatic carbocycles. The van der Waals surface area contributed by atoms with Crippen LogP contribution in [0, 0.1) is 5.92 Å². The van der Waals surface area contributed by atoms with Crippen molar-refractivity contribution in [1.29, 1.82) is 0 Å². The van der Waals surface area contributed by atoms with Gasteiger partial charge in [0.1, 0.15) is 0 Å². The average molecular weight is 241 g/mol. The van der Waals surface area contributed by atoms with Crippen LogP contribution in [0.4, 0.5) is 0 Å². The molecule has 2 fully saturated rings. The summed E-state index contributed by atoms with van der Waals surface area (Å²) >= 11 is 0. The summed E-state index contributed by atoms with van der Waals surface area (Å²) in [5, 5.41) is 3.60. The minimum Gasteiger partial charge on any atom is -0.380 e. The molecule has 1 saturated carbocycles. The molecule has 1 aliphatic heterocycles. The summed E-state index contributed by atoms with van der Waals surface area (Å²) in [7, 11) is 0. The Morgan fingerprint density at radius 2 is 2.18 bits per heavy atom. The third-order valence-electron chi connectivity index (χ3n) is 4.07. The molecule has 0 spiro atoms. The maximum atomic E-state index is 5.84. The van der Waals surface area contributed by atoms with E-state index in [9.17, 15) is 0 Å². The molecule has 3 heteroatoms. The third-order valence-corrected chi connectivity index (χ3v) is 4.07. The number of rotatable bonds is 7. The van der Waals surface area contributed by atoms with E-state index in [-0.39, 0.29) is 5.60 Å². The molecule has 0 aromatic heterocycles. The van der Waals surface area contributed by atoms with E-state index in [1.807, 2.05) is 0 Å². The van der Waals surface area contributed by atoms with Gasteiger partial charge in [-0.1, -0.05) is 6.92 Å². The van der Waals surface area contributed by atoms with Crippen molar-refractivity contribution in [3.8, 4) is 0 Å². The Morgan fingerprint density at radius 1 is 1.35 bits per heavy atom. The number of hydrogen-bond acceptors (Lipinski definition) is 3. The van der Waals surface area contributed by atoms with Gasteiger partial charge in [-0.15, -0.1) is 0 Å². The minimum absolute atomic E-state index is 0.0881. The van der Waals surface area contributed by atoms with E-state index in [0.29, 0.717) is 6.04 Å². The fraction of sp³-hybridized carbons (Fsp3) is 1.00. The van der Waals surface area contributed by atoms with E-state index in [2.05, 4.69) is 19.2 Å². The molecule has 2 aliphatic rings. The van der Waals surface area contributed by atoms with Gasteiger partial charge in [-0.25, -0.2) is 0 Å². The van der Waals surface area contributed by atoms with Crippen LogP contribution in [0.2, 0.25) is 0 Å². The maximum absolute atomic E-state index is 5.84. The Bertz CT molecular complexity index is 230. The molecule has 0 bridgehead atoms. The van der Waals surface area contributed by atoms with Crippen LogP contribution >= 0.6 is 0 Å². The molecule has 1 heterocycles. The molecule has 0 aromatic rings. The molecule has 1 aliphatic carbocycles. The Kier molecular flexibility index (Phi) is 4.83. The average Bonchev–Trinajstić information content (AvgIpc) is 3.13. The molecule has 3 nitrogen and oxygen atoms in total. The fourth-order valence-corrected chi connectivity index (χ4v) is 2.42. The molecule has 100 valence electrons. The molecule has 1 saturated heterocycles. The van der Waals surface area contributed by atoms with E-state index in [1.54, 1.807) is 0 Å². The molecule has 0 amide bonds. The van der Waals surface area contributed by atoms with Crippen molar-refractivity contribution in [2.24, 2.45) is 5.92 Å². The lowest BCUT2D eigenvalue weighted by molar-refractivity contribution is -0.0783. The van der Waals surface area contributed by atoms with Gasteiger partial charge in [-0.2, -0.15) is 0 Å². The van der Waals surface area contributed by atoms with Crippen LogP contribution in [0.1, 0.15) is 46.0 Å². The Labute approximate surface area is 105 Å². The standard InChI is InChI=1S/C14H27NO2/c1-3-14(2)10-13(6-8-17-14)15-7-9-16-11-12-4-5-12/h12-13,15H,3-11H2,1-2H3. The molecule has 2 atom stereocenters. The highest BCUT2D eigenvalue weighted by atomic mass is 16.5. The van der Waals surface area contributed by atoms with Crippen molar-refractivity contribution in [3.05, 3.63) is 0 Å². The summed E-state index contributed by atoms with van der Waals surface area (Å²) in [6, 6.07) is 0.609. The van der Waals surface area contributed by atoms with Gasteiger partial charge in [0.2, 0.25) is 0 Å². The van der Waals surface area contributed by atoms with Crippen molar-refractivity contribution >= 4 is 0 Å². The van der Waals surface area contributed by atoms with Crippen LogP contribution in [0.15, 0.2) is 0 Å². The molecular formula is C14H27NO2. The highest BCUT2D eigenvalue weighted by Crippen LogP contribution is 2.29. The minimum atomic E-state index is 0.0881. The second kappa shape index (κ2) is 6.17. The summed E-state index contributed by atoms with van der Waals surface area (Å²) in [5.74, 6) is 0.876. The summed E-state index contributed by atoms with van der Waals surface area (Å²) in [6.07, 6.45) is 6.12. The lowest BCUT2D eigenvalue weighted by Gasteiger charge is -2.38. The molecule has 17 heavy (non-hydrogen) atoms. The number of nitrogens with one attached hydrogen (secondary N) is 1. The molecule has 1 N–H and O–H groups in total. The van der Waals surface area contributed by atoms with E-state index in [4.69, 9.17) is 9.47 Å². The lowest BCUT2D eigenvalue weighted by atomic mass is 9.90. The van der Waals surface area contributed by atoms with Crippen LogP contribution in [0.3, 0.4) is 0 Å². The fourth-order valence-electron chi connectivity index (χ4n) is 2.42. The quantitative estimate of drug-likeness (QED) is 0.694. The topological polar surface area (TPSA) is 30.5 Å². The first kappa shape index (κ1) is 13.3. The predicted molar refractivity (Wildman–Crippen MR) is 69.2 cm³/mol. The Morgan fingerprint density at radius 3 is 2.88 bits per heavy atom. The highest BCUT2D eigenvalue weighted by Gasteiger charge is 2.31. The zero-order chi connectivity index (χ0) is 12.1. The van der Waals surface area contributed by atoms with Gasteiger partial charge in [-0.3, -0.25) is 0 Å². The molecule has 2 unspecified atom stereocenters. The summed E-state index contributed by atoms with van der Waals surface area (Å²) in [6.45, 7) is 8.15. The van der Waals surface area contributed by atoms with Gasteiger partial charge < -0.3 is 14.8 Å². The largest absolute Gasteiger partial charge is 0.380 e. The van der Waals surface area contributed by atoms with Crippen LogP contribution in [0.25, 0.3) is 0 Å². The van der Waals surface area contributed by atoms with E-state index in [0.717, 1.165) is 51.5 Å². The Hall–Kier alpha value is -0.120. The van der Waals surface area contributed by atoms with Crippen molar-refractivity contribution in [3.63, 3.8) is 0 Å². The van der Waals surface area contributed by atoms with Crippen LogP contribution < -0.4 is 5.32 Å². The second-order valence-corrected chi connectivity index (χ2v) is 5.81. The monoisotopic (exact) mass is 241 g/mol. The third kappa shape index (κ3) is 4.57. The van der Waals surface area contributed by atoms with Crippen molar-refractivity contribution in [2.45, 2.75) is 57.6 Å². The summed E-state index contributed by atoms with van der Waals surface area (Å²) in [5.41, 5.74) is 0.0881. The predicted octanol–water partition coefficient (Wildman–Crippen LogP) is 2.35. The number of ether oxygens (including phenoxy) is 2. The molecule has 0 radical (unpaired) electrons. The second-order valence-electron chi connectivity index (χ2n) is 5.81. The van der Waals surface area contributed by atoms with Crippen molar-refractivity contribution in [1.82, 2.24) is 5.32 Å². The van der Waals surface area contributed by atoms with Gasteiger partial charge in [0, 0.05) is 25.8 Å². The first-order valence-electron chi connectivity index (χ1n) is 7.17. The Balaban J connectivity index is 1.54. The maximum Gasteiger partial charge on any atom is 0.0666 e. The van der Waals surface area contributed by atoms with Gasteiger partial charge in [0.05, 0.1) is 12.2 Å².